The lowest BCUT2D eigenvalue weighted by Gasteiger charge is -2.07. The standard InChI is InChI=1S/C12H17N3O3S2/c1-9-8-19-11(7-16)12(9)20(17,18)14-4-3-10-5-13-15(2)6-10/h5-6,8,14,16H,3-4,7H2,1-2H3. The highest BCUT2D eigenvalue weighted by Crippen LogP contribution is 2.26. The van der Waals surface area contributed by atoms with Gasteiger partial charge in [-0.05, 0) is 29.9 Å². The van der Waals surface area contributed by atoms with Crippen molar-refractivity contribution in [3.05, 3.63) is 33.8 Å². The second kappa shape index (κ2) is 6.04. The molecule has 0 aliphatic rings. The minimum absolute atomic E-state index is 0.205. The first-order chi connectivity index (χ1) is 9.44. The number of aromatic nitrogens is 2. The van der Waals surface area contributed by atoms with Crippen LogP contribution in [0.4, 0.5) is 0 Å². The number of aryl methyl sites for hydroxylation is 2. The maximum absolute atomic E-state index is 12.3. The normalized spacial score (nSPS) is 11.9. The summed E-state index contributed by atoms with van der Waals surface area (Å²) < 4.78 is 28.7. The Kier molecular flexibility index (Phi) is 4.59. The van der Waals surface area contributed by atoms with Gasteiger partial charge in [-0.1, -0.05) is 0 Å². The van der Waals surface area contributed by atoms with Gasteiger partial charge >= 0.3 is 0 Å². The van der Waals surface area contributed by atoms with Crippen molar-refractivity contribution in [3.63, 3.8) is 0 Å². The van der Waals surface area contributed by atoms with E-state index in [1.165, 1.54) is 11.3 Å². The third-order valence-electron chi connectivity index (χ3n) is 2.87. The Morgan fingerprint density at radius 3 is 2.85 bits per heavy atom. The van der Waals surface area contributed by atoms with Gasteiger partial charge in [-0.25, -0.2) is 13.1 Å². The highest BCUT2D eigenvalue weighted by molar-refractivity contribution is 7.89. The van der Waals surface area contributed by atoms with E-state index < -0.39 is 10.0 Å². The van der Waals surface area contributed by atoms with E-state index in [0.717, 1.165) is 5.56 Å². The van der Waals surface area contributed by atoms with Gasteiger partial charge in [-0.2, -0.15) is 5.10 Å². The second-order valence-electron chi connectivity index (χ2n) is 4.50. The predicted molar refractivity (Wildman–Crippen MR) is 77.1 cm³/mol. The zero-order valence-corrected chi connectivity index (χ0v) is 13.0. The Morgan fingerprint density at radius 2 is 2.25 bits per heavy atom. The Morgan fingerprint density at radius 1 is 1.50 bits per heavy atom. The number of nitrogens with one attached hydrogen (secondary N) is 1. The van der Waals surface area contributed by atoms with Crippen LogP contribution in [0.25, 0.3) is 0 Å². The second-order valence-corrected chi connectivity index (χ2v) is 7.17. The lowest BCUT2D eigenvalue weighted by Crippen LogP contribution is -2.26. The lowest BCUT2D eigenvalue weighted by atomic mass is 10.3. The minimum atomic E-state index is -3.58. The first-order valence-electron chi connectivity index (χ1n) is 6.09. The molecule has 6 nitrogen and oxygen atoms in total. The van der Waals surface area contributed by atoms with Crippen LogP contribution in [0, 0.1) is 6.92 Å². The number of aliphatic hydroxyl groups is 1. The Hall–Kier alpha value is -1.22. The number of thiophene rings is 1. The Balaban J connectivity index is 2.06. The van der Waals surface area contributed by atoms with E-state index in [-0.39, 0.29) is 11.5 Å². The third kappa shape index (κ3) is 3.26. The summed E-state index contributed by atoms with van der Waals surface area (Å²) >= 11 is 1.25. The maximum atomic E-state index is 12.3. The number of hydrogen-bond acceptors (Lipinski definition) is 5. The summed E-state index contributed by atoms with van der Waals surface area (Å²) in [5, 5.41) is 15.0. The lowest BCUT2D eigenvalue weighted by molar-refractivity contribution is 0.282. The molecule has 2 aromatic rings. The summed E-state index contributed by atoms with van der Waals surface area (Å²) in [5.74, 6) is 0. The van der Waals surface area contributed by atoms with Gasteiger partial charge in [-0.15, -0.1) is 11.3 Å². The van der Waals surface area contributed by atoms with Gasteiger partial charge in [0.1, 0.15) is 4.90 Å². The quantitative estimate of drug-likeness (QED) is 0.826. The first-order valence-corrected chi connectivity index (χ1v) is 8.45. The van der Waals surface area contributed by atoms with E-state index in [9.17, 15) is 13.5 Å². The van der Waals surface area contributed by atoms with Crippen molar-refractivity contribution in [1.29, 1.82) is 0 Å². The summed E-state index contributed by atoms with van der Waals surface area (Å²) in [6.45, 7) is 1.76. The molecule has 0 unspecified atom stereocenters. The molecule has 0 aliphatic carbocycles. The van der Waals surface area contributed by atoms with Gasteiger partial charge in [-0.3, -0.25) is 4.68 Å². The maximum Gasteiger partial charge on any atom is 0.242 e. The predicted octanol–water partition coefficient (Wildman–Crippen LogP) is 0.803. The van der Waals surface area contributed by atoms with Crippen molar-refractivity contribution in [2.45, 2.75) is 24.8 Å². The smallest absolute Gasteiger partial charge is 0.242 e. The van der Waals surface area contributed by atoms with Crippen LogP contribution in [0.5, 0.6) is 0 Å². The molecule has 0 radical (unpaired) electrons. The van der Waals surface area contributed by atoms with Crippen molar-refractivity contribution < 1.29 is 13.5 Å². The van der Waals surface area contributed by atoms with Gasteiger partial charge < -0.3 is 5.11 Å². The summed E-state index contributed by atoms with van der Waals surface area (Å²) in [6.07, 6.45) is 4.14. The van der Waals surface area contributed by atoms with Gasteiger partial charge in [0.15, 0.2) is 0 Å². The number of rotatable bonds is 6. The number of aliphatic hydroxyl groups excluding tert-OH is 1. The van der Waals surface area contributed by atoms with E-state index >= 15 is 0 Å². The van der Waals surface area contributed by atoms with Crippen molar-refractivity contribution in [3.8, 4) is 0 Å². The fourth-order valence-electron chi connectivity index (χ4n) is 1.96. The molecule has 2 aromatic heterocycles. The van der Waals surface area contributed by atoms with E-state index in [1.54, 1.807) is 23.2 Å². The third-order valence-corrected chi connectivity index (χ3v) is 5.77. The zero-order chi connectivity index (χ0) is 14.8. The molecule has 0 saturated heterocycles. The SMILES string of the molecule is Cc1csc(CO)c1S(=O)(=O)NCCc1cnn(C)c1. The van der Waals surface area contributed by atoms with Crippen molar-refractivity contribution in [1.82, 2.24) is 14.5 Å². The first kappa shape index (κ1) is 15.2. The number of hydrogen-bond donors (Lipinski definition) is 2. The van der Waals surface area contributed by atoms with Crippen molar-refractivity contribution in [2.75, 3.05) is 6.54 Å². The molecule has 0 bridgehead atoms. The van der Waals surface area contributed by atoms with Crippen LogP contribution in [0.1, 0.15) is 16.0 Å². The summed E-state index contributed by atoms with van der Waals surface area (Å²) in [7, 11) is -1.77. The minimum Gasteiger partial charge on any atom is -0.391 e. The molecule has 2 rings (SSSR count). The highest BCUT2D eigenvalue weighted by atomic mass is 32.2. The van der Waals surface area contributed by atoms with E-state index in [4.69, 9.17) is 0 Å². The molecule has 2 heterocycles. The monoisotopic (exact) mass is 315 g/mol. The fraction of sp³-hybridized carbons (Fsp3) is 0.417. The topological polar surface area (TPSA) is 84.2 Å². The van der Waals surface area contributed by atoms with Crippen LogP contribution in [0.3, 0.4) is 0 Å². The van der Waals surface area contributed by atoms with Crippen molar-refractivity contribution in [2.24, 2.45) is 7.05 Å². The molecular formula is C12H17N3O3S2. The van der Waals surface area contributed by atoms with Gasteiger partial charge in [0.2, 0.25) is 10.0 Å². The molecule has 2 N–H and O–H groups in total. The summed E-state index contributed by atoms with van der Waals surface area (Å²) in [4.78, 5) is 0.674. The van der Waals surface area contributed by atoms with Crippen LogP contribution in [0.15, 0.2) is 22.7 Å². The van der Waals surface area contributed by atoms with E-state index in [2.05, 4.69) is 9.82 Å². The molecular weight excluding hydrogens is 298 g/mol. The molecule has 0 aromatic carbocycles. The molecule has 110 valence electrons. The van der Waals surface area contributed by atoms with Crippen LogP contribution < -0.4 is 4.72 Å². The highest BCUT2D eigenvalue weighted by Gasteiger charge is 2.22. The largest absolute Gasteiger partial charge is 0.391 e. The molecule has 8 heteroatoms. The zero-order valence-electron chi connectivity index (χ0n) is 11.3. The van der Waals surface area contributed by atoms with Crippen LogP contribution in [-0.2, 0) is 30.1 Å². The molecule has 20 heavy (non-hydrogen) atoms. The van der Waals surface area contributed by atoms with Crippen LogP contribution >= 0.6 is 11.3 Å². The van der Waals surface area contributed by atoms with Gasteiger partial charge in [0.05, 0.1) is 17.7 Å². The summed E-state index contributed by atoms with van der Waals surface area (Å²) in [5.41, 5.74) is 1.63. The molecule has 0 amide bonds. The average molecular weight is 315 g/mol. The molecule has 0 spiro atoms. The van der Waals surface area contributed by atoms with Crippen LogP contribution in [-0.4, -0.2) is 29.8 Å². The Bertz CT molecular complexity index is 689. The molecule has 0 aliphatic heterocycles. The van der Waals surface area contributed by atoms with Gasteiger partial charge in [0, 0.05) is 19.8 Å². The molecule has 0 atom stereocenters. The van der Waals surface area contributed by atoms with E-state index in [1.807, 2.05) is 13.2 Å². The summed E-state index contributed by atoms with van der Waals surface area (Å²) in [6, 6.07) is 0. The van der Waals surface area contributed by atoms with E-state index in [0.29, 0.717) is 23.4 Å². The fourth-order valence-corrected chi connectivity index (χ4v) is 4.65. The van der Waals surface area contributed by atoms with Crippen LogP contribution in [0.2, 0.25) is 0 Å². The number of sulfonamides is 1. The Labute approximate surface area is 122 Å². The van der Waals surface area contributed by atoms with Crippen molar-refractivity contribution >= 4 is 21.4 Å². The average Bonchev–Trinajstić information content (AvgIpc) is 2.95. The molecule has 0 fully saturated rings. The molecule has 0 saturated carbocycles. The van der Waals surface area contributed by atoms with Gasteiger partial charge in [0.25, 0.3) is 0 Å². The number of nitrogens with zero attached hydrogens (tertiary/aromatic N) is 2.